The number of benzene rings is 2. The normalized spacial score (nSPS) is 17.8. The number of piperidine rings is 1. The number of sulfonamides is 1. The number of hydrogen-bond acceptors (Lipinski definition) is 3. The van der Waals surface area contributed by atoms with Gasteiger partial charge in [0.15, 0.2) is 0 Å². The van der Waals surface area contributed by atoms with Crippen LogP contribution in [0.1, 0.15) is 42.1 Å². The summed E-state index contributed by atoms with van der Waals surface area (Å²) in [5.74, 6) is -1.70. The summed E-state index contributed by atoms with van der Waals surface area (Å²) in [5, 5.41) is 2.67. The van der Waals surface area contributed by atoms with E-state index in [0.29, 0.717) is 17.7 Å². The van der Waals surface area contributed by atoms with Crippen molar-refractivity contribution >= 4 is 15.9 Å². The molecule has 1 atom stereocenters. The molecule has 0 radical (unpaired) electrons. The van der Waals surface area contributed by atoms with Crippen LogP contribution < -0.4 is 5.32 Å². The Kier molecular flexibility index (Phi) is 6.64. The van der Waals surface area contributed by atoms with Gasteiger partial charge in [-0.15, -0.1) is 0 Å². The number of carbonyl (C=O) groups excluding carboxylic acids is 1. The summed E-state index contributed by atoms with van der Waals surface area (Å²) >= 11 is 0. The molecule has 0 aliphatic carbocycles. The fraction of sp³-hybridized carbons (Fsp3) is 0.381. The average molecular weight is 422 g/mol. The van der Waals surface area contributed by atoms with E-state index in [1.165, 1.54) is 40.7 Å². The molecular formula is C21H24F2N2O3S. The molecule has 2 aromatic carbocycles. The molecule has 1 N–H and O–H groups in total. The van der Waals surface area contributed by atoms with E-state index in [1.807, 2.05) is 6.92 Å². The van der Waals surface area contributed by atoms with Crippen LogP contribution in [0.15, 0.2) is 47.4 Å². The highest BCUT2D eigenvalue weighted by molar-refractivity contribution is 7.89. The number of rotatable bonds is 6. The fourth-order valence-corrected chi connectivity index (χ4v) is 5.22. The van der Waals surface area contributed by atoms with E-state index in [0.717, 1.165) is 25.3 Å². The lowest BCUT2D eigenvalue weighted by molar-refractivity contribution is 0.0954. The standard InChI is InChI=1S/C21H24F2N2O3S/c1-15-4-2-3-11-25(15)29(27,28)20-7-5-17(6-8-20)21(26)24-10-9-16-12-18(22)14-19(23)13-16/h5-8,12-15H,2-4,9-11H2,1H3,(H,24,26). The van der Waals surface area contributed by atoms with Gasteiger partial charge in [-0.05, 0) is 68.1 Å². The van der Waals surface area contributed by atoms with Crippen molar-refractivity contribution < 1.29 is 22.0 Å². The summed E-state index contributed by atoms with van der Waals surface area (Å²) in [7, 11) is -3.58. The first-order valence-electron chi connectivity index (χ1n) is 9.62. The van der Waals surface area contributed by atoms with Crippen molar-refractivity contribution in [2.75, 3.05) is 13.1 Å². The fourth-order valence-electron chi connectivity index (χ4n) is 3.52. The molecule has 1 fully saturated rings. The summed E-state index contributed by atoms with van der Waals surface area (Å²) in [6.45, 7) is 2.61. The molecular weight excluding hydrogens is 398 g/mol. The number of carbonyl (C=O) groups is 1. The van der Waals surface area contributed by atoms with E-state index >= 15 is 0 Å². The van der Waals surface area contributed by atoms with Crippen molar-refractivity contribution in [1.82, 2.24) is 9.62 Å². The third-order valence-corrected chi connectivity index (χ3v) is 7.11. The number of halogens is 2. The third-order valence-electron chi connectivity index (χ3n) is 5.09. The molecule has 1 aliphatic heterocycles. The molecule has 1 amide bonds. The predicted octanol–water partition coefficient (Wildman–Crippen LogP) is 3.50. The van der Waals surface area contributed by atoms with E-state index in [-0.39, 0.29) is 29.8 Å². The molecule has 1 aliphatic rings. The van der Waals surface area contributed by atoms with Crippen LogP contribution in [0.4, 0.5) is 8.78 Å². The number of nitrogens with zero attached hydrogens (tertiary/aromatic N) is 1. The second kappa shape index (κ2) is 9.00. The highest BCUT2D eigenvalue weighted by atomic mass is 32.2. The zero-order valence-electron chi connectivity index (χ0n) is 16.2. The van der Waals surface area contributed by atoms with Gasteiger partial charge in [0.05, 0.1) is 4.90 Å². The van der Waals surface area contributed by atoms with Crippen molar-refractivity contribution in [2.45, 2.75) is 43.5 Å². The van der Waals surface area contributed by atoms with Crippen molar-refractivity contribution in [1.29, 1.82) is 0 Å². The maximum absolute atomic E-state index is 13.2. The Labute approximate surface area is 169 Å². The topological polar surface area (TPSA) is 66.5 Å². The lowest BCUT2D eigenvalue weighted by Gasteiger charge is -2.32. The molecule has 0 aromatic heterocycles. The van der Waals surface area contributed by atoms with Gasteiger partial charge in [-0.2, -0.15) is 4.31 Å². The van der Waals surface area contributed by atoms with Gasteiger partial charge in [0.2, 0.25) is 10.0 Å². The molecule has 1 heterocycles. The largest absolute Gasteiger partial charge is 0.352 e. The first kappa shape index (κ1) is 21.4. The summed E-state index contributed by atoms with van der Waals surface area (Å²) < 4.78 is 53.6. The van der Waals surface area contributed by atoms with Crippen LogP contribution in [0.2, 0.25) is 0 Å². The van der Waals surface area contributed by atoms with Crippen molar-refractivity contribution in [3.05, 3.63) is 65.2 Å². The van der Waals surface area contributed by atoms with Gasteiger partial charge in [-0.25, -0.2) is 17.2 Å². The maximum Gasteiger partial charge on any atom is 0.251 e. The molecule has 0 spiro atoms. The molecule has 5 nitrogen and oxygen atoms in total. The van der Waals surface area contributed by atoms with Gasteiger partial charge in [0.25, 0.3) is 5.91 Å². The Morgan fingerprint density at radius 2 is 1.76 bits per heavy atom. The van der Waals surface area contributed by atoms with Gasteiger partial charge in [-0.3, -0.25) is 4.79 Å². The Bertz CT molecular complexity index is 958. The second-order valence-electron chi connectivity index (χ2n) is 7.27. The number of hydrogen-bond donors (Lipinski definition) is 1. The molecule has 3 rings (SSSR count). The Morgan fingerprint density at radius 1 is 1.10 bits per heavy atom. The van der Waals surface area contributed by atoms with Crippen molar-refractivity contribution in [3.8, 4) is 0 Å². The first-order chi connectivity index (χ1) is 13.8. The van der Waals surface area contributed by atoms with E-state index < -0.39 is 21.7 Å². The monoisotopic (exact) mass is 422 g/mol. The zero-order chi connectivity index (χ0) is 21.0. The minimum Gasteiger partial charge on any atom is -0.352 e. The Balaban J connectivity index is 1.61. The van der Waals surface area contributed by atoms with E-state index in [2.05, 4.69) is 5.32 Å². The lowest BCUT2D eigenvalue weighted by Crippen LogP contribution is -2.41. The van der Waals surface area contributed by atoms with Crippen LogP contribution in [-0.4, -0.2) is 37.8 Å². The quantitative estimate of drug-likeness (QED) is 0.775. The summed E-state index contributed by atoms with van der Waals surface area (Å²) in [6, 6.07) is 9.01. The highest BCUT2D eigenvalue weighted by Gasteiger charge is 2.30. The van der Waals surface area contributed by atoms with E-state index in [9.17, 15) is 22.0 Å². The predicted molar refractivity (Wildman–Crippen MR) is 106 cm³/mol. The molecule has 156 valence electrons. The smallest absolute Gasteiger partial charge is 0.251 e. The van der Waals surface area contributed by atoms with Crippen molar-refractivity contribution in [3.63, 3.8) is 0 Å². The molecule has 8 heteroatoms. The Morgan fingerprint density at radius 3 is 2.38 bits per heavy atom. The maximum atomic E-state index is 13.2. The van der Waals surface area contributed by atoms with Crippen molar-refractivity contribution in [2.24, 2.45) is 0 Å². The van der Waals surface area contributed by atoms with Crippen LogP contribution >= 0.6 is 0 Å². The summed E-state index contributed by atoms with van der Waals surface area (Å²) in [6.07, 6.45) is 2.99. The van der Waals surface area contributed by atoms with Crippen LogP contribution in [-0.2, 0) is 16.4 Å². The summed E-state index contributed by atoms with van der Waals surface area (Å²) in [5.41, 5.74) is 0.765. The van der Waals surface area contributed by atoms with Crippen LogP contribution in [0.3, 0.4) is 0 Å². The highest BCUT2D eigenvalue weighted by Crippen LogP contribution is 2.25. The number of nitrogens with one attached hydrogen (secondary N) is 1. The third kappa shape index (κ3) is 5.19. The molecule has 1 unspecified atom stereocenters. The molecule has 29 heavy (non-hydrogen) atoms. The molecule has 2 aromatic rings. The molecule has 0 bridgehead atoms. The zero-order valence-corrected chi connectivity index (χ0v) is 17.0. The Hall–Kier alpha value is -2.32. The SMILES string of the molecule is CC1CCCCN1S(=O)(=O)c1ccc(C(=O)NCCc2cc(F)cc(F)c2)cc1. The molecule has 1 saturated heterocycles. The van der Waals surface area contributed by atoms with Crippen LogP contribution in [0, 0.1) is 11.6 Å². The first-order valence-corrected chi connectivity index (χ1v) is 11.1. The van der Waals surface area contributed by atoms with Gasteiger partial charge < -0.3 is 5.32 Å². The minimum atomic E-state index is -3.58. The van der Waals surface area contributed by atoms with Gasteiger partial charge in [-0.1, -0.05) is 6.42 Å². The van der Waals surface area contributed by atoms with Crippen LogP contribution in [0.25, 0.3) is 0 Å². The molecule has 0 saturated carbocycles. The van der Waals surface area contributed by atoms with E-state index in [4.69, 9.17) is 0 Å². The minimum absolute atomic E-state index is 0.0376. The van der Waals surface area contributed by atoms with Gasteiger partial charge >= 0.3 is 0 Å². The summed E-state index contributed by atoms with van der Waals surface area (Å²) in [4.78, 5) is 12.4. The average Bonchev–Trinajstić information content (AvgIpc) is 2.67. The van der Waals surface area contributed by atoms with Crippen LogP contribution in [0.5, 0.6) is 0 Å². The van der Waals surface area contributed by atoms with Gasteiger partial charge in [0.1, 0.15) is 11.6 Å². The van der Waals surface area contributed by atoms with E-state index in [1.54, 1.807) is 0 Å². The second-order valence-corrected chi connectivity index (χ2v) is 9.16. The number of amides is 1. The lowest BCUT2D eigenvalue weighted by atomic mass is 10.1. The van der Waals surface area contributed by atoms with Gasteiger partial charge in [0, 0.05) is 30.8 Å².